The van der Waals surface area contributed by atoms with Crippen molar-refractivity contribution in [2.24, 2.45) is 0 Å². The summed E-state index contributed by atoms with van der Waals surface area (Å²) in [4.78, 5) is 0. The largest absolute Gasteiger partial charge is 0.139 e. The highest BCUT2D eigenvalue weighted by molar-refractivity contribution is 6.32. The summed E-state index contributed by atoms with van der Waals surface area (Å²) in [5.41, 5.74) is 2.93. The standard InChI is InChI=1S/C11H15B/c12-11-7-5-10(6-8-11)9-3-1-2-4-9/h5-9H,1-4,12H2. The van der Waals surface area contributed by atoms with Gasteiger partial charge in [0.2, 0.25) is 0 Å². The third-order valence-electron chi connectivity index (χ3n) is 2.90. The summed E-state index contributed by atoms with van der Waals surface area (Å²) in [6, 6.07) is 9.05. The van der Waals surface area contributed by atoms with Gasteiger partial charge >= 0.3 is 0 Å². The topological polar surface area (TPSA) is 0 Å². The normalized spacial score (nSPS) is 18.3. The van der Waals surface area contributed by atoms with E-state index in [9.17, 15) is 0 Å². The maximum atomic E-state index is 2.30. The van der Waals surface area contributed by atoms with Gasteiger partial charge in [-0.3, -0.25) is 0 Å². The van der Waals surface area contributed by atoms with E-state index in [0.29, 0.717) is 0 Å². The van der Waals surface area contributed by atoms with Crippen LogP contribution in [0.1, 0.15) is 37.2 Å². The Bertz CT molecular complexity index is 244. The molecule has 1 fully saturated rings. The molecule has 0 radical (unpaired) electrons. The lowest BCUT2D eigenvalue weighted by atomic mass is 9.91. The monoisotopic (exact) mass is 158 g/mol. The summed E-state index contributed by atoms with van der Waals surface area (Å²) >= 11 is 0. The minimum atomic E-state index is 0.866. The van der Waals surface area contributed by atoms with Gasteiger partial charge in [0, 0.05) is 0 Å². The van der Waals surface area contributed by atoms with E-state index in [-0.39, 0.29) is 0 Å². The van der Waals surface area contributed by atoms with Crippen molar-refractivity contribution in [3.05, 3.63) is 29.8 Å². The van der Waals surface area contributed by atoms with Gasteiger partial charge in [-0.15, -0.1) is 0 Å². The summed E-state index contributed by atoms with van der Waals surface area (Å²) in [6.45, 7) is 0. The molecule has 0 spiro atoms. The zero-order valence-electron chi connectivity index (χ0n) is 7.72. The molecule has 0 saturated heterocycles. The summed E-state index contributed by atoms with van der Waals surface area (Å²) < 4.78 is 0. The lowest BCUT2D eigenvalue weighted by molar-refractivity contribution is 0.723. The molecular formula is C11H15B. The van der Waals surface area contributed by atoms with Gasteiger partial charge in [-0.2, -0.15) is 0 Å². The van der Waals surface area contributed by atoms with E-state index < -0.39 is 0 Å². The third-order valence-corrected chi connectivity index (χ3v) is 2.90. The van der Waals surface area contributed by atoms with Crippen LogP contribution in [0.25, 0.3) is 0 Å². The zero-order valence-corrected chi connectivity index (χ0v) is 7.72. The SMILES string of the molecule is Bc1ccc(C2CCCC2)cc1. The van der Waals surface area contributed by atoms with Crippen LogP contribution in [-0.2, 0) is 0 Å². The van der Waals surface area contributed by atoms with Crippen LogP contribution in [0.15, 0.2) is 24.3 Å². The lowest BCUT2D eigenvalue weighted by Gasteiger charge is -2.08. The molecule has 1 saturated carbocycles. The Morgan fingerprint density at radius 3 is 2.17 bits per heavy atom. The van der Waals surface area contributed by atoms with E-state index in [1.54, 1.807) is 5.56 Å². The second-order valence-corrected chi connectivity index (χ2v) is 3.89. The van der Waals surface area contributed by atoms with Gasteiger partial charge in [-0.25, -0.2) is 0 Å². The first-order chi connectivity index (χ1) is 5.86. The molecule has 0 bridgehead atoms. The minimum absolute atomic E-state index is 0.866. The quantitative estimate of drug-likeness (QED) is 0.544. The maximum Gasteiger partial charge on any atom is 0.139 e. The molecule has 0 atom stereocenters. The molecule has 0 N–H and O–H groups in total. The highest BCUT2D eigenvalue weighted by Gasteiger charge is 2.15. The van der Waals surface area contributed by atoms with E-state index >= 15 is 0 Å². The van der Waals surface area contributed by atoms with Gasteiger partial charge in [0.15, 0.2) is 0 Å². The minimum Gasteiger partial charge on any atom is -0.0889 e. The molecule has 0 nitrogen and oxygen atoms in total. The van der Waals surface area contributed by atoms with Crippen LogP contribution in [0, 0.1) is 0 Å². The Morgan fingerprint density at radius 2 is 1.58 bits per heavy atom. The van der Waals surface area contributed by atoms with Crippen molar-refractivity contribution in [2.75, 3.05) is 0 Å². The Kier molecular flexibility index (Phi) is 2.20. The Labute approximate surface area is 75.4 Å². The average Bonchev–Trinajstić information content (AvgIpc) is 2.58. The first kappa shape index (κ1) is 7.91. The van der Waals surface area contributed by atoms with Crippen LogP contribution < -0.4 is 5.46 Å². The number of hydrogen-bond donors (Lipinski definition) is 0. The Balaban J connectivity index is 2.17. The molecule has 1 aromatic carbocycles. The first-order valence-electron chi connectivity index (χ1n) is 4.93. The molecule has 0 amide bonds. The van der Waals surface area contributed by atoms with Crippen LogP contribution in [0.5, 0.6) is 0 Å². The van der Waals surface area contributed by atoms with Gasteiger partial charge in [-0.1, -0.05) is 42.6 Å². The molecular weight excluding hydrogens is 143 g/mol. The smallest absolute Gasteiger partial charge is 0.0889 e. The van der Waals surface area contributed by atoms with E-state index in [0.717, 1.165) is 5.92 Å². The summed E-state index contributed by atoms with van der Waals surface area (Å²) in [5.74, 6) is 0.866. The maximum absolute atomic E-state index is 2.30. The molecule has 0 heterocycles. The van der Waals surface area contributed by atoms with Crippen molar-refractivity contribution in [1.82, 2.24) is 0 Å². The average molecular weight is 158 g/mol. The third kappa shape index (κ3) is 1.55. The summed E-state index contributed by atoms with van der Waals surface area (Å²) in [6.07, 6.45) is 5.67. The van der Waals surface area contributed by atoms with Crippen molar-refractivity contribution in [3.8, 4) is 0 Å². The molecule has 1 heteroatoms. The first-order valence-corrected chi connectivity index (χ1v) is 4.93. The summed E-state index contributed by atoms with van der Waals surface area (Å²) in [5, 5.41) is 0. The van der Waals surface area contributed by atoms with Gasteiger partial charge in [0.1, 0.15) is 7.85 Å². The number of rotatable bonds is 1. The Morgan fingerprint density at radius 1 is 1.00 bits per heavy atom. The van der Waals surface area contributed by atoms with E-state index in [1.807, 2.05) is 0 Å². The lowest BCUT2D eigenvalue weighted by Crippen LogP contribution is -2.02. The fraction of sp³-hybridized carbons (Fsp3) is 0.455. The van der Waals surface area contributed by atoms with Crippen molar-refractivity contribution < 1.29 is 0 Å². The molecule has 1 aliphatic carbocycles. The molecule has 0 aromatic heterocycles. The van der Waals surface area contributed by atoms with Crippen LogP contribution in [0.3, 0.4) is 0 Å². The van der Waals surface area contributed by atoms with E-state index in [1.165, 1.54) is 31.1 Å². The van der Waals surface area contributed by atoms with Gasteiger partial charge in [0.05, 0.1) is 0 Å². The summed E-state index contributed by atoms with van der Waals surface area (Å²) in [7, 11) is 2.15. The van der Waals surface area contributed by atoms with Gasteiger partial charge in [-0.05, 0) is 24.3 Å². The number of benzene rings is 1. The molecule has 1 aliphatic rings. The molecule has 2 rings (SSSR count). The van der Waals surface area contributed by atoms with Crippen molar-refractivity contribution >= 4 is 13.3 Å². The fourth-order valence-electron chi connectivity index (χ4n) is 2.10. The molecule has 0 aliphatic heterocycles. The van der Waals surface area contributed by atoms with Crippen LogP contribution in [0.2, 0.25) is 0 Å². The molecule has 1 aromatic rings. The van der Waals surface area contributed by atoms with Crippen LogP contribution in [-0.4, -0.2) is 7.85 Å². The predicted molar refractivity (Wildman–Crippen MR) is 55.8 cm³/mol. The number of hydrogen-bond acceptors (Lipinski definition) is 0. The zero-order chi connectivity index (χ0) is 8.39. The highest BCUT2D eigenvalue weighted by atomic mass is 14.2. The molecule has 62 valence electrons. The van der Waals surface area contributed by atoms with Crippen LogP contribution in [0.4, 0.5) is 0 Å². The van der Waals surface area contributed by atoms with Gasteiger partial charge in [0.25, 0.3) is 0 Å². The second-order valence-electron chi connectivity index (χ2n) is 3.89. The molecule has 0 unspecified atom stereocenters. The van der Waals surface area contributed by atoms with Gasteiger partial charge < -0.3 is 0 Å². The van der Waals surface area contributed by atoms with E-state index in [2.05, 4.69) is 32.1 Å². The fourth-order valence-corrected chi connectivity index (χ4v) is 2.10. The Hall–Kier alpha value is -0.715. The predicted octanol–water partition coefficient (Wildman–Crippen LogP) is 1.60. The van der Waals surface area contributed by atoms with Crippen molar-refractivity contribution in [2.45, 2.75) is 31.6 Å². The van der Waals surface area contributed by atoms with Crippen LogP contribution >= 0.6 is 0 Å². The second kappa shape index (κ2) is 3.34. The van der Waals surface area contributed by atoms with Crippen molar-refractivity contribution in [1.29, 1.82) is 0 Å². The molecule has 12 heavy (non-hydrogen) atoms. The highest BCUT2D eigenvalue weighted by Crippen LogP contribution is 2.33. The van der Waals surface area contributed by atoms with E-state index in [4.69, 9.17) is 0 Å². The van der Waals surface area contributed by atoms with Crippen molar-refractivity contribution in [3.63, 3.8) is 0 Å².